The molecule has 1 aromatic carbocycles. The van der Waals surface area contributed by atoms with Gasteiger partial charge in [0.15, 0.2) is 0 Å². The van der Waals surface area contributed by atoms with Crippen LogP contribution in [0.15, 0.2) is 30.3 Å². The normalized spacial score (nSPS) is 17.3. The van der Waals surface area contributed by atoms with Crippen molar-refractivity contribution < 1.29 is 9.59 Å². The van der Waals surface area contributed by atoms with E-state index in [-0.39, 0.29) is 11.9 Å². The van der Waals surface area contributed by atoms with Crippen molar-refractivity contribution in [1.29, 1.82) is 0 Å². The second-order valence-corrected chi connectivity index (χ2v) is 7.25. The topological polar surface area (TPSA) is 94.1 Å². The number of aromatic nitrogens is 3. The number of likely N-dealkylation sites (tertiary alicyclic amines) is 1. The van der Waals surface area contributed by atoms with Gasteiger partial charge in [-0.1, -0.05) is 5.21 Å². The van der Waals surface area contributed by atoms with E-state index < -0.39 is 5.91 Å². The van der Waals surface area contributed by atoms with Crippen molar-refractivity contribution in [2.24, 2.45) is 12.8 Å². The number of amides is 2. The van der Waals surface area contributed by atoms with Crippen molar-refractivity contribution in [2.45, 2.75) is 18.9 Å². The van der Waals surface area contributed by atoms with Gasteiger partial charge in [-0.15, -0.1) is 16.4 Å². The molecular weight excluding hydrogens is 338 g/mol. The van der Waals surface area contributed by atoms with E-state index in [0.29, 0.717) is 22.5 Å². The van der Waals surface area contributed by atoms with E-state index in [9.17, 15) is 9.59 Å². The quantitative estimate of drug-likeness (QED) is 0.778. The first-order valence-corrected chi connectivity index (χ1v) is 8.86. The number of thiophene rings is 1. The van der Waals surface area contributed by atoms with Gasteiger partial charge in [0.2, 0.25) is 0 Å². The van der Waals surface area contributed by atoms with Crippen LogP contribution in [0.25, 0.3) is 11.0 Å². The molecule has 128 valence electrons. The molecule has 0 unspecified atom stereocenters. The van der Waals surface area contributed by atoms with Gasteiger partial charge in [-0.05, 0) is 43.2 Å². The van der Waals surface area contributed by atoms with Crippen LogP contribution in [0.4, 0.5) is 0 Å². The van der Waals surface area contributed by atoms with E-state index in [2.05, 4.69) is 10.3 Å². The molecule has 7 nitrogen and oxygen atoms in total. The number of hydrogen-bond acceptors (Lipinski definition) is 5. The summed E-state index contributed by atoms with van der Waals surface area (Å²) in [5, 5.41) is 8.06. The van der Waals surface area contributed by atoms with Gasteiger partial charge in [0.05, 0.1) is 16.4 Å². The van der Waals surface area contributed by atoms with Gasteiger partial charge in [-0.25, -0.2) is 4.68 Å². The van der Waals surface area contributed by atoms with Crippen molar-refractivity contribution in [3.63, 3.8) is 0 Å². The number of benzene rings is 1. The second-order valence-electron chi connectivity index (χ2n) is 6.14. The molecule has 0 aliphatic carbocycles. The van der Waals surface area contributed by atoms with Gasteiger partial charge in [-0.3, -0.25) is 9.59 Å². The summed E-state index contributed by atoms with van der Waals surface area (Å²) in [5.74, 6) is -0.454. The highest BCUT2D eigenvalue weighted by molar-refractivity contribution is 7.14. The third-order valence-electron chi connectivity index (χ3n) is 4.57. The number of fused-ring (bicyclic) bond motifs is 1. The molecule has 1 aliphatic heterocycles. The van der Waals surface area contributed by atoms with E-state index in [1.54, 1.807) is 16.8 Å². The predicted molar refractivity (Wildman–Crippen MR) is 94.4 cm³/mol. The minimum Gasteiger partial charge on any atom is -0.365 e. The van der Waals surface area contributed by atoms with Crippen LogP contribution < -0.4 is 5.73 Å². The van der Waals surface area contributed by atoms with Crippen LogP contribution in [-0.4, -0.2) is 38.3 Å². The Hall–Kier alpha value is -2.74. The van der Waals surface area contributed by atoms with Crippen molar-refractivity contribution in [3.05, 3.63) is 45.6 Å². The molecule has 3 heterocycles. The number of primary amides is 1. The number of carbonyl (C=O) groups excluding carboxylic acids is 2. The van der Waals surface area contributed by atoms with Crippen molar-refractivity contribution >= 4 is 34.2 Å². The summed E-state index contributed by atoms with van der Waals surface area (Å²) in [6.45, 7) is 0.700. The highest BCUT2D eigenvalue weighted by Crippen LogP contribution is 2.36. The first-order chi connectivity index (χ1) is 12.0. The SMILES string of the molecule is Cn1nnc2cc(C(=O)N3CCC[C@H]3c3ccc(C(N)=O)s3)ccc21. The monoisotopic (exact) mass is 355 g/mol. The Bertz CT molecular complexity index is 976. The molecule has 2 amide bonds. The molecule has 3 aromatic rings. The van der Waals surface area contributed by atoms with Crippen molar-refractivity contribution in [1.82, 2.24) is 19.9 Å². The lowest BCUT2D eigenvalue weighted by Gasteiger charge is -2.24. The molecule has 1 fully saturated rings. The summed E-state index contributed by atoms with van der Waals surface area (Å²) in [5.41, 5.74) is 7.54. The molecule has 0 spiro atoms. The number of carbonyl (C=O) groups is 2. The van der Waals surface area contributed by atoms with Crippen LogP contribution in [-0.2, 0) is 7.05 Å². The van der Waals surface area contributed by atoms with Crippen LogP contribution in [0.3, 0.4) is 0 Å². The molecular formula is C17H17N5O2S. The smallest absolute Gasteiger partial charge is 0.258 e. The standard InChI is InChI=1S/C17H17N5O2S/c1-21-12-5-4-10(9-11(12)19-20-21)17(24)22-8-2-3-13(22)14-6-7-15(25-14)16(18)23/h4-7,9,13H,2-3,8H2,1H3,(H2,18,23)/t13-/m0/s1. The van der Waals surface area contributed by atoms with Crippen LogP contribution in [0.5, 0.6) is 0 Å². The predicted octanol–water partition coefficient (Wildman–Crippen LogP) is 2.11. The average Bonchev–Trinajstić information content (AvgIpc) is 3.33. The van der Waals surface area contributed by atoms with Gasteiger partial charge in [0.1, 0.15) is 5.52 Å². The lowest BCUT2D eigenvalue weighted by molar-refractivity contribution is 0.0738. The van der Waals surface area contributed by atoms with E-state index >= 15 is 0 Å². The number of rotatable bonds is 3. The highest BCUT2D eigenvalue weighted by Gasteiger charge is 2.32. The lowest BCUT2D eigenvalue weighted by atomic mass is 10.1. The molecule has 1 aliphatic rings. The highest BCUT2D eigenvalue weighted by atomic mass is 32.1. The first-order valence-electron chi connectivity index (χ1n) is 8.04. The fraction of sp³-hybridized carbons (Fsp3) is 0.294. The van der Waals surface area contributed by atoms with Crippen molar-refractivity contribution in [3.8, 4) is 0 Å². The summed E-state index contributed by atoms with van der Waals surface area (Å²) in [6, 6.07) is 9.07. The fourth-order valence-corrected chi connectivity index (χ4v) is 4.32. The summed E-state index contributed by atoms with van der Waals surface area (Å²) in [4.78, 5) is 27.7. The van der Waals surface area contributed by atoms with E-state index in [1.807, 2.05) is 30.1 Å². The minimum atomic E-state index is -0.430. The zero-order valence-electron chi connectivity index (χ0n) is 13.7. The number of nitrogens with zero attached hydrogens (tertiary/aromatic N) is 4. The molecule has 1 atom stereocenters. The Balaban J connectivity index is 1.63. The summed E-state index contributed by atoms with van der Waals surface area (Å²) < 4.78 is 1.68. The maximum Gasteiger partial charge on any atom is 0.258 e. The van der Waals surface area contributed by atoms with Gasteiger partial charge in [0.25, 0.3) is 11.8 Å². The third kappa shape index (κ3) is 2.68. The summed E-state index contributed by atoms with van der Waals surface area (Å²) >= 11 is 1.37. The van der Waals surface area contributed by atoms with Crippen molar-refractivity contribution in [2.75, 3.05) is 6.54 Å². The first kappa shape index (κ1) is 15.8. The van der Waals surface area contributed by atoms with Crippen LogP contribution in [0.2, 0.25) is 0 Å². The molecule has 2 N–H and O–H groups in total. The number of nitrogens with two attached hydrogens (primary N) is 1. The maximum absolute atomic E-state index is 13.0. The second kappa shape index (κ2) is 5.96. The van der Waals surface area contributed by atoms with Gasteiger partial charge >= 0.3 is 0 Å². The third-order valence-corrected chi connectivity index (χ3v) is 5.77. The molecule has 8 heteroatoms. The Morgan fingerprint density at radius 3 is 2.88 bits per heavy atom. The Kier molecular flexibility index (Phi) is 3.76. The Morgan fingerprint density at radius 1 is 1.28 bits per heavy atom. The summed E-state index contributed by atoms with van der Waals surface area (Å²) in [6.07, 6.45) is 1.82. The number of hydrogen-bond donors (Lipinski definition) is 1. The molecule has 0 saturated carbocycles. The van der Waals surface area contributed by atoms with Crippen LogP contribution in [0, 0.1) is 0 Å². The Labute approximate surface area is 148 Å². The van der Waals surface area contributed by atoms with Gasteiger partial charge in [-0.2, -0.15) is 0 Å². The average molecular weight is 355 g/mol. The minimum absolute atomic E-state index is 0.0110. The van der Waals surface area contributed by atoms with Crippen LogP contribution in [0.1, 0.15) is 43.8 Å². The molecule has 2 aromatic heterocycles. The largest absolute Gasteiger partial charge is 0.365 e. The molecule has 1 saturated heterocycles. The summed E-state index contributed by atoms with van der Waals surface area (Å²) in [7, 11) is 1.82. The maximum atomic E-state index is 13.0. The fourth-order valence-electron chi connectivity index (χ4n) is 3.31. The molecule has 0 radical (unpaired) electrons. The van der Waals surface area contributed by atoms with Gasteiger partial charge in [0, 0.05) is 24.0 Å². The van der Waals surface area contributed by atoms with Crippen LogP contribution >= 0.6 is 11.3 Å². The Morgan fingerprint density at radius 2 is 2.12 bits per heavy atom. The lowest BCUT2D eigenvalue weighted by Crippen LogP contribution is -2.30. The van der Waals surface area contributed by atoms with E-state index in [1.165, 1.54) is 11.3 Å². The molecule has 0 bridgehead atoms. The zero-order valence-corrected chi connectivity index (χ0v) is 14.5. The molecule has 25 heavy (non-hydrogen) atoms. The van der Waals surface area contributed by atoms with Gasteiger partial charge < -0.3 is 10.6 Å². The van der Waals surface area contributed by atoms with E-state index in [0.717, 1.165) is 23.2 Å². The van der Waals surface area contributed by atoms with E-state index in [4.69, 9.17) is 5.73 Å². The zero-order chi connectivity index (χ0) is 17.6. The molecule has 4 rings (SSSR count). The number of aryl methyl sites for hydroxylation is 1.